The number of carboxylic acid groups (broad SMARTS) is 1. The van der Waals surface area contributed by atoms with Gasteiger partial charge in [-0.1, -0.05) is 45.1 Å². The Hall–Kier alpha value is -1.21. The Bertz CT molecular complexity index is 420. The van der Waals surface area contributed by atoms with E-state index in [2.05, 4.69) is 21.9 Å². The number of amides is 1. The smallest absolute Gasteiger partial charge is 0.412 e. The number of alkyl carbamates (subject to hydrolysis) is 1. The van der Waals surface area contributed by atoms with Crippen LogP contribution in [0.25, 0.3) is 0 Å². The third-order valence-electron chi connectivity index (χ3n) is 5.07. The second-order valence-corrected chi connectivity index (χ2v) is 8.21. The summed E-state index contributed by atoms with van der Waals surface area (Å²) in [7, 11) is 0. The SMILES string of the molecule is C1CCC(NC2CCCCC2)CC1.C=COC(=O)N[C@@H](CCSC)C(=O)O. The first-order valence-corrected chi connectivity index (χ1v) is 11.5. The molecule has 0 saturated heterocycles. The van der Waals surface area contributed by atoms with Gasteiger partial charge in [-0.3, -0.25) is 0 Å². The number of aliphatic carboxylic acids is 1. The standard InChI is InChI=1S/C12H23N.C8H13NO4S/c1-3-7-11(8-4-1)13-12-9-5-2-6-10-12;1-3-13-8(12)9-6(7(10)11)4-5-14-2/h11-13H,1-10H2;3,6H,1,4-5H2,2H3,(H,9,12)(H,10,11)/t;6-/m.0/s1. The van der Waals surface area contributed by atoms with Crippen LogP contribution in [0.5, 0.6) is 0 Å². The van der Waals surface area contributed by atoms with Crippen LogP contribution in [0.15, 0.2) is 12.8 Å². The Balaban J connectivity index is 0.000000270. The van der Waals surface area contributed by atoms with E-state index in [1.54, 1.807) is 0 Å². The van der Waals surface area contributed by atoms with Crippen LogP contribution in [0.4, 0.5) is 4.79 Å². The highest BCUT2D eigenvalue weighted by Gasteiger charge is 2.20. The lowest BCUT2D eigenvalue weighted by atomic mass is 9.91. The quantitative estimate of drug-likeness (QED) is 0.527. The van der Waals surface area contributed by atoms with Crippen molar-refractivity contribution < 1.29 is 19.4 Å². The van der Waals surface area contributed by atoms with Crippen LogP contribution in [0, 0.1) is 0 Å². The number of hydrogen-bond acceptors (Lipinski definition) is 5. The lowest BCUT2D eigenvalue weighted by Crippen LogP contribution is -2.40. The molecule has 2 fully saturated rings. The normalized spacial score (nSPS) is 19.3. The van der Waals surface area contributed by atoms with Crippen LogP contribution in [-0.2, 0) is 9.53 Å². The maximum absolute atomic E-state index is 10.8. The van der Waals surface area contributed by atoms with Gasteiger partial charge < -0.3 is 20.5 Å². The molecule has 1 amide bonds. The summed E-state index contributed by atoms with van der Waals surface area (Å²) >= 11 is 1.51. The monoisotopic (exact) mass is 400 g/mol. The predicted octanol–water partition coefficient (Wildman–Crippen LogP) is 4.30. The second kappa shape index (κ2) is 14.8. The summed E-state index contributed by atoms with van der Waals surface area (Å²) in [5.41, 5.74) is 0. The van der Waals surface area contributed by atoms with Crippen LogP contribution in [0.1, 0.15) is 70.6 Å². The zero-order valence-corrected chi connectivity index (χ0v) is 17.4. The Kier molecular flexibility index (Phi) is 13.1. The molecule has 0 bridgehead atoms. The lowest BCUT2D eigenvalue weighted by Gasteiger charge is -2.30. The zero-order valence-electron chi connectivity index (χ0n) is 16.6. The van der Waals surface area contributed by atoms with Gasteiger partial charge in [0, 0.05) is 12.1 Å². The van der Waals surface area contributed by atoms with E-state index in [9.17, 15) is 9.59 Å². The van der Waals surface area contributed by atoms with Crippen molar-refractivity contribution in [2.24, 2.45) is 0 Å². The Morgan fingerprint density at radius 2 is 1.63 bits per heavy atom. The maximum atomic E-state index is 10.8. The number of carbonyl (C=O) groups excluding carboxylic acids is 1. The Labute approximate surface area is 167 Å². The molecule has 2 aliphatic carbocycles. The number of rotatable bonds is 8. The summed E-state index contributed by atoms with van der Waals surface area (Å²) in [6, 6.07) is 0.837. The number of carboxylic acids is 1. The third-order valence-corrected chi connectivity index (χ3v) is 5.72. The molecule has 2 rings (SSSR count). The molecule has 0 aromatic heterocycles. The van der Waals surface area contributed by atoms with Crippen molar-refractivity contribution in [3.05, 3.63) is 12.8 Å². The number of thioether (sulfide) groups is 1. The van der Waals surface area contributed by atoms with E-state index < -0.39 is 18.1 Å². The van der Waals surface area contributed by atoms with Gasteiger partial charge in [0.2, 0.25) is 0 Å². The van der Waals surface area contributed by atoms with Gasteiger partial charge in [0.1, 0.15) is 6.04 Å². The summed E-state index contributed by atoms with van der Waals surface area (Å²) in [6.45, 7) is 3.18. The molecule has 6 nitrogen and oxygen atoms in total. The molecule has 7 heteroatoms. The Morgan fingerprint density at radius 3 is 2.04 bits per heavy atom. The average Bonchev–Trinajstić information content (AvgIpc) is 2.67. The summed E-state index contributed by atoms with van der Waals surface area (Å²) < 4.78 is 4.35. The number of ether oxygens (including phenoxy) is 1. The van der Waals surface area contributed by atoms with Crippen molar-refractivity contribution in [3.8, 4) is 0 Å². The first-order chi connectivity index (χ1) is 13.1. The van der Waals surface area contributed by atoms with Crippen LogP contribution >= 0.6 is 11.8 Å². The van der Waals surface area contributed by atoms with Gasteiger partial charge in [-0.05, 0) is 44.1 Å². The minimum Gasteiger partial charge on any atom is -0.480 e. The molecule has 0 heterocycles. The van der Waals surface area contributed by atoms with Gasteiger partial charge in [0.15, 0.2) is 0 Å². The van der Waals surface area contributed by atoms with E-state index in [1.165, 1.54) is 76.0 Å². The van der Waals surface area contributed by atoms with Crippen LogP contribution in [-0.4, -0.2) is 47.3 Å². The lowest BCUT2D eigenvalue weighted by molar-refractivity contribution is -0.139. The second-order valence-electron chi connectivity index (χ2n) is 7.23. The molecule has 0 spiro atoms. The predicted molar refractivity (Wildman–Crippen MR) is 111 cm³/mol. The summed E-state index contributed by atoms with van der Waals surface area (Å²) in [4.78, 5) is 21.5. The first kappa shape index (κ1) is 23.8. The fraction of sp³-hybridized carbons (Fsp3) is 0.800. The zero-order chi connectivity index (χ0) is 19.9. The van der Waals surface area contributed by atoms with E-state index >= 15 is 0 Å². The van der Waals surface area contributed by atoms with Gasteiger partial charge in [0.05, 0.1) is 6.26 Å². The minimum absolute atomic E-state index is 0.364. The van der Waals surface area contributed by atoms with Crippen molar-refractivity contribution in [3.63, 3.8) is 0 Å². The summed E-state index contributed by atoms with van der Waals surface area (Å²) in [6.07, 6.45) is 16.9. The molecule has 0 aromatic carbocycles. The van der Waals surface area contributed by atoms with E-state index in [1.807, 2.05) is 6.26 Å². The average molecular weight is 401 g/mol. The molecule has 2 saturated carbocycles. The molecule has 1 atom stereocenters. The molecular weight excluding hydrogens is 364 g/mol. The fourth-order valence-corrected chi connectivity index (χ4v) is 4.09. The number of carbonyl (C=O) groups is 2. The maximum Gasteiger partial charge on any atom is 0.412 e. The van der Waals surface area contributed by atoms with E-state index in [0.29, 0.717) is 12.2 Å². The molecule has 0 aliphatic heterocycles. The van der Waals surface area contributed by atoms with Gasteiger partial charge >= 0.3 is 12.1 Å². The number of nitrogens with one attached hydrogen (secondary N) is 2. The highest BCUT2D eigenvalue weighted by molar-refractivity contribution is 7.98. The number of hydrogen-bond donors (Lipinski definition) is 3. The van der Waals surface area contributed by atoms with Gasteiger partial charge in [-0.2, -0.15) is 11.8 Å². The van der Waals surface area contributed by atoms with Crippen molar-refractivity contribution in [2.45, 2.75) is 88.8 Å². The third kappa shape index (κ3) is 11.3. The minimum atomic E-state index is -1.07. The van der Waals surface area contributed by atoms with Crippen LogP contribution < -0.4 is 10.6 Å². The molecule has 156 valence electrons. The van der Waals surface area contributed by atoms with Gasteiger partial charge in [-0.15, -0.1) is 0 Å². The molecule has 0 unspecified atom stereocenters. The van der Waals surface area contributed by atoms with Crippen molar-refractivity contribution >= 4 is 23.8 Å². The van der Waals surface area contributed by atoms with Crippen LogP contribution in [0.3, 0.4) is 0 Å². The largest absolute Gasteiger partial charge is 0.480 e. The van der Waals surface area contributed by atoms with Gasteiger partial charge in [0.25, 0.3) is 0 Å². The van der Waals surface area contributed by atoms with Crippen molar-refractivity contribution in [1.82, 2.24) is 10.6 Å². The topological polar surface area (TPSA) is 87.7 Å². The van der Waals surface area contributed by atoms with Gasteiger partial charge in [-0.25, -0.2) is 9.59 Å². The molecule has 27 heavy (non-hydrogen) atoms. The molecule has 0 aromatic rings. The van der Waals surface area contributed by atoms with E-state index in [4.69, 9.17) is 5.11 Å². The highest BCUT2D eigenvalue weighted by Crippen LogP contribution is 2.22. The molecule has 0 radical (unpaired) electrons. The van der Waals surface area contributed by atoms with Crippen LogP contribution in [0.2, 0.25) is 0 Å². The van der Waals surface area contributed by atoms with Crippen molar-refractivity contribution in [1.29, 1.82) is 0 Å². The fourth-order valence-electron chi connectivity index (χ4n) is 3.62. The molecule has 3 N–H and O–H groups in total. The van der Waals surface area contributed by atoms with Crippen molar-refractivity contribution in [2.75, 3.05) is 12.0 Å². The summed E-state index contributed by atoms with van der Waals surface area (Å²) in [5, 5.41) is 14.8. The molecule has 2 aliphatic rings. The highest BCUT2D eigenvalue weighted by atomic mass is 32.2. The molecular formula is C20H36N2O4S. The van der Waals surface area contributed by atoms with E-state index in [0.717, 1.165) is 18.3 Å². The Morgan fingerprint density at radius 1 is 1.11 bits per heavy atom. The van der Waals surface area contributed by atoms with E-state index in [-0.39, 0.29) is 0 Å². The summed E-state index contributed by atoms with van der Waals surface area (Å²) in [5.74, 6) is -0.411. The first-order valence-electron chi connectivity index (χ1n) is 10.1.